The number of hydrogen-bond acceptors (Lipinski definition) is 3. The molecule has 0 aromatic heterocycles. The maximum Gasteiger partial charge on any atom is 0.340 e. The molecule has 0 heterocycles. The molecule has 0 aliphatic rings. The molecule has 0 saturated carbocycles. The zero-order chi connectivity index (χ0) is 19.9. The van der Waals surface area contributed by atoms with Gasteiger partial charge in [0.25, 0.3) is 5.91 Å². The second-order valence-corrected chi connectivity index (χ2v) is 7.19. The van der Waals surface area contributed by atoms with Crippen LogP contribution in [-0.2, 0) is 17.6 Å². The van der Waals surface area contributed by atoms with Crippen molar-refractivity contribution >= 4 is 33.5 Å². The van der Waals surface area contributed by atoms with Crippen molar-refractivity contribution in [3.8, 4) is 0 Å². The van der Waals surface area contributed by atoms with Crippen molar-refractivity contribution in [1.82, 2.24) is 0 Å². The van der Waals surface area contributed by atoms with Gasteiger partial charge in [0.1, 0.15) is 0 Å². The van der Waals surface area contributed by atoms with Crippen LogP contribution in [-0.4, -0.2) is 19.0 Å². The molecule has 0 spiro atoms. The largest absolute Gasteiger partial charge is 0.465 e. The Balaban J connectivity index is 1.81. The summed E-state index contributed by atoms with van der Waals surface area (Å²) in [6.45, 7) is 0. The van der Waals surface area contributed by atoms with Gasteiger partial charge in [0, 0.05) is 10.0 Å². The molecule has 1 amide bonds. The molecule has 0 bridgehead atoms. The van der Waals surface area contributed by atoms with Gasteiger partial charge in [0.15, 0.2) is 0 Å². The normalized spacial score (nSPS) is 10.4. The van der Waals surface area contributed by atoms with Crippen LogP contribution in [0.15, 0.2) is 77.3 Å². The molecule has 3 aromatic carbocycles. The molecule has 142 valence electrons. The number of aryl methyl sites for hydroxylation is 2. The smallest absolute Gasteiger partial charge is 0.340 e. The highest BCUT2D eigenvalue weighted by Gasteiger charge is 2.17. The molecule has 0 saturated heterocycles. The van der Waals surface area contributed by atoms with Crippen LogP contribution >= 0.6 is 15.9 Å². The number of nitrogens with one attached hydrogen (secondary N) is 1. The quantitative estimate of drug-likeness (QED) is 0.534. The summed E-state index contributed by atoms with van der Waals surface area (Å²) >= 11 is 3.34. The van der Waals surface area contributed by atoms with Crippen LogP contribution in [0, 0.1) is 0 Å². The third-order valence-corrected chi connectivity index (χ3v) is 4.92. The summed E-state index contributed by atoms with van der Waals surface area (Å²) in [5.41, 5.74) is 3.49. The Morgan fingerprint density at radius 1 is 0.893 bits per heavy atom. The number of carbonyl (C=O) groups excluding carboxylic acids is 2. The third-order valence-electron chi connectivity index (χ3n) is 4.42. The zero-order valence-electron chi connectivity index (χ0n) is 15.4. The van der Waals surface area contributed by atoms with Crippen LogP contribution in [0.5, 0.6) is 0 Å². The minimum atomic E-state index is -0.506. The van der Waals surface area contributed by atoms with E-state index in [1.807, 2.05) is 36.4 Å². The number of amides is 1. The SMILES string of the molecule is COC(=O)c1cc(Br)ccc1NC(=O)c1ccccc1CCc1ccccc1. The Hall–Kier alpha value is -2.92. The van der Waals surface area contributed by atoms with E-state index in [0.29, 0.717) is 16.8 Å². The van der Waals surface area contributed by atoms with Gasteiger partial charge >= 0.3 is 5.97 Å². The number of rotatable bonds is 6. The molecule has 1 N–H and O–H groups in total. The van der Waals surface area contributed by atoms with Crippen LogP contribution in [0.25, 0.3) is 0 Å². The van der Waals surface area contributed by atoms with Gasteiger partial charge in [-0.2, -0.15) is 0 Å². The van der Waals surface area contributed by atoms with Crippen LogP contribution < -0.4 is 5.32 Å². The highest BCUT2D eigenvalue weighted by atomic mass is 79.9. The van der Waals surface area contributed by atoms with Crippen molar-refractivity contribution in [3.63, 3.8) is 0 Å². The molecule has 28 heavy (non-hydrogen) atoms. The number of ether oxygens (including phenoxy) is 1. The first-order chi connectivity index (χ1) is 13.6. The van der Waals surface area contributed by atoms with Crippen LogP contribution in [0.2, 0.25) is 0 Å². The number of hydrogen-bond donors (Lipinski definition) is 1. The summed E-state index contributed by atoms with van der Waals surface area (Å²) in [6, 6.07) is 22.8. The molecule has 3 rings (SSSR count). The van der Waals surface area contributed by atoms with Gasteiger partial charge in [-0.05, 0) is 48.2 Å². The van der Waals surface area contributed by atoms with Crippen molar-refractivity contribution in [1.29, 1.82) is 0 Å². The number of anilines is 1. The summed E-state index contributed by atoms with van der Waals surface area (Å²) < 4.78 is 5.55. The second kappa shape index (κ2) is 9.33. The number of esters is 1. The molecule has 0 atom stereocenters. The van der Waals surface area contributed by atoms with Crippen LogP contribution in [0.3, 0.4) is 0 Å². The molecule has 0 unspecified atom stereocenters. The second-order valence-electron chi connectivity index (χ2n) is 6.28. The molecule has 0 radical (unpaired) electrons. The van der Waals surface area contributed by atoms with Crippen molar-refractivity contribution in [2.45, 2.75) is 12.8 Å². The molecule has 5 heteroatoms. The summed E-state index contributed by atoms with van der Waals surface area (Å²) in [5.74, 6) is -0.759. The first-order valence-corrected chi connectivity index (χ1v) is 9.69. The fraction of sp³-hybridized carbons (Fsp3) is 0.130. The molecule has 0 aliphatic carbocycles. The summed E-state index contributed by atoms with van der Waals surface area (Å²) in [6.07, 6.45) is 1.59. The first kappa shape index (κ1) is 19.8. The monoisotopic (exact) mass is 437 g/mol. The lowest BCUT2D eigenvalue weighted by atomic mass is 9.99. The van der Waals surface area contributed by atoms with E-state index >= 15 is 0 Å². The minimum absolute atomic E-state index is 0.254. The van der Waals surface area contributed by atoms with Gasteiger partial charge in [-0.15, -0.1) is 0 Å². The third kappa shape index (κ3) is 4.87. The van der Waals surface area contributed by atoms with Gasteiger partial charge in [-0.25, -0.2) is 4.79 Å². The maximum absolute atomic E-state index is 12.9. The molecule has 0 fully saturated rings. The fourth-order valence-corrected chi connectivity index (χ4v) is 3.34. The van der Waals surface area contributed by atoms with Crippen molar-refractivity contribution in [3.05, 3.63) is 99.5 Å². The van der Waals surface area contributed by atoms with E-state index in [9.17, 15) is 9.59 Å². The first-order valence-electron chi connectivity index (χ1n) is 8.89. The summed E-state index contributed by atoms with van der Waals surface area (Å²) in [7, 11) is 1.31. The van der Waals surface area contributed by atoms with E-state index in [2.05, 4.69) is 33.4 Å². The zero-order valence-corrected chi connectivity index (χ0v) is 17.0. The van der Waals surface area contributed by atoms with Gasteiger partial charge < -0.3 is 10.1 Å². The standard InChI is InChI=1S/C23H20BrNO3/c1-28-23(27)20-15-18(24)13-14-21(20)25-22(26)19-10-6-5-9-17(19)12-11-16-7-3-2-4-8-16/h2-10,13-15H,11-12H2,1H3,(H,25,26). The van der Waals surface area contributed by atoms with E-state index < -0.39 is 5.97 Å². The van der Waals surface area contributed by atoms with Crippen molar-refractivity contribution in [2.24, 2.45) is 0 Å². The van der Waals surface area contributed by atoms with Crippen LogP contribution in [0.1, 0.15) is 31.8 Å². The maximum atomic E-state index is 12.9. The lowest BCUT2D eigenvalue weighted by molar-refractivity contribution is 0.0602. The number of benzene rings is 3. The Morgan fingerprint density at radius 3 is 2.36 bits per heavy atom. The van der Waals surface area contributed by atoms with E-state index in [-0.39, 0.29) is 5.91 Å². The Bertz CT molecular complexity index is 986. The fourth-order valence-electron chi connectivity index (χ4n) is 2.98. The predicted octanol–water partition coefficient (Wildman–Crippen LogP) is 5.27. The highest BCUT2D eigenvalue weighted by Crippen LogP contribution is 2.23. The van der Waals surface area contributed by atoms with E-state index in [0.717, 1.165) is 22.9 Å². The Kier molecular flexibility index (Phi) is 6.61. The highest BCUT2D eigenvalue weighted by molar-refractivity contribution is 9.10. The topological polar surface area (TPSA) is 55.4 Å². The van der Waals surface area contributed by atoms with Gasteiger partial charge in [-0.3, -0.25) is 4.79 Å². The number of halogens is 1. The predicted molar refractivity (Wildman–Crippen MR) is 114 cm³/mol. The van der Waals surface area contributed by atoms with E-state index in [4.69, 9.17) is 4.74 Å². The average molecular weight is 438 g/mol. The van der Waals surface area contributed by atoms with E-state index in [1.165, 1.54) is 12.7 Å². The van der Waals surface area contributed by atoms with Gasteiger partial charge in [-0.1, -0.05) is 64.5 Å². The summed E-state index contributed by atoms with van der Waals surface area (Å²) in [4.78, 5) is 25.0. The molecule has 4 nitrogen and oxygen atoms in total. The Labute approximate surface area is 172 Å². The van der Waals surface area contributed by atoms with Crippen molar-refractivity contribution in [2.75, 3.05) is 12.4 Å². The average Bonchev–Trinajstić information content (AvgIpc) is 2.73. The molecule has 0 aliphatic heterocycles. The Morgan fingerprint density at radius 2 is 1.61 bits per heavy atom. The van der Waals surface area contributed by atoms with Gasteiger partial charge in [0.2, 0.25) is 0 Å². The minimum Gasteiger partial charge on any atom is -0.465 e. The van der Waals surface area contributed by atoms with E-state index in [1.54, 1.807) is 24.3 Å². The molecular weight excluding hydrogens is 418 g/mol. The van der Waals surface area contributed by atoms with Crippen molar-refractivity contribution < 1.29 is 14.3 Å². The number of methoxy groups -OCH3 is 1. The lowest BCUT2D eigenvalue weighted by Gasteiger charge is -2.13. The molecular formula is C23H20BrNO3. The lowest BCUT2D eigenvalue weighted by Crippen LogP contribution is -2.17. The summed E-state index contributed by atoms with van der Waals surface area (Å²) in [5, 5.41) is 2.85. The molecule has 3 aromatic rings. The number of carbonyl (C=O) groups is 2. The van der Waals surface area contributed by atoms with Gasteiger partial charge in [0.05, 0.1) is 18.4 Å². The van der Waals surface area contributed by atoms with Crippen LogP contribution in [0.4, 0.5) is 5.69 Å².